The lowest BCUT2D eigenvalue weighted by molar-refractivity contribution is 0.389. The second-order valence-electron chi connectivity index (χ2n) is 4.56. The molecular formula is C11H24N2. The maximum atomic E-state index is 3.69. The van der Waals surface area contributed by atoms with E-state index in [0.717, 1.165) is 19.5 Å². The van der Waals surface area contributed by atoms with Crippen molar-refractivity contribution in [1.29, 1.82) is 0 Å². The van der Waals surface area contributed by atoms with Gasteiger partial charge >= 0.3 is 0 Å². The molecule has 0 spiro atoms. The SMILES string of the molecule is C=CCCNC(C)CNC(C)(C)C. The summed E-state index contributed by atoms with van der Waals surface area (Å²) in [6.45, 7) is 14.5. The van der Waals surface area contributed by atoms with Gasteiger partial charge in [-0.15, -0.1) is 6.58 Å². The van der Waals surface area contributed by atoms with E-state index in [0.29, 0.717) is 6.04 Å². The van der Waals surface area contributed by atoms with Crippen molar-refractivity contribution in [2.24, 2.45) is 0 Å². The van der Waals surface area contributed by atoms with Gasteiger partial charge in [0.1, 0.15) is 0 Å². The Morgan fingerprint density at radius 1 is 1.38 bits per heavy atom. The molecule has 1 unspecified atom stereocenters. The first-order valence-corrected chi connectivity index (χ1v) is 5.05. The fourth-order valence-electron chi connectivity index (χ4n) is 0.963. The maximum absolute atomic E-state index is 3.69. The van der Waals surface area contributed by atoms with E-state index in [-0.39, 0.29) is 5.54 Å². The topological polar surface area (TPSA) is 24.1 Å². The molecule has 0 bridgehead atoms. The first kappa shape index (κ1) is 12.7. The molecule has 0 saturated heterocycles. The Bertz CT molecular complexity index is 136. The van der Waals surface area contributed by atoms with Crippen LogP contribution >= 0.6 is 0 Å². The van der Waals surface area contributed by atoms with Crippen LogP contribution in [0.25, 0.3) is 0 Å². The van der Waals surface area contributed by atoms with Crippen LogP contribution < -0.4 is 10.6 Å². The van der Waals surface area contributed by atoms with Gasteiger partial charge in [0.15, 0.2) is 0 Å². The molecule has 2 nitrogen and oxygen atoms in total. The Morgan fingerprint density at radius 2 is 2.00 bits per heavy atom. The third-order valence-corrected chi connectivity index (χ3v) is 1.78. The van der Waals surface area contributed by atoms with Gasteiger partial charge in [-0.2, -0.15) is 0 Å². The van der Waals surface area contributed by atoms with E-state index in [4.69, 9.17) is 0 Å². The minimum atomic E-state index is 0.217. The molecule has 0 aromatic carbocycles. The summed E-state index contributed by atoms with van der Waals surface area (Å²) in [6.07, 6.45) is 2.98. The minimum absolute atomic E-state index is 0.217. The average molecular weight is 184 g/mol. The van der Waals surface area contributed by atoms with Crippen molar-refractivity contribution in [3.63, 3.8) is 0 Å². The van der Waals surface area contributed by atoms with Gasteiger partial charge in [0.2, 0.25) is 0 Å². The molecule has 0 saturated carbocycles. The normalized spacial score (nSPS) is 14.2. The predicted octanol–water partition coefficient (Wildman–Crippen LogP) is 1.93. The lowest BCUT2D eigenvalue weighted by atomic mass is 10.1. The quantitative estimate of drug-likeness (QED) is 0.487. The van der Waals surface area contributed by atoms with Crippen LogP contribution in [-0.4, -0.2) is 24.7 Å². The lowest BCUT2D eigenvalue weighted by Crippen LogP contribution is -2.44. The highest BCUT2D eigenvalue weighted by atomic mass is 15.0. The molecule has 78 valence electrons. The monoisotopic (exact) mass is 184 g/mol. The Kier molecular flexibility index (Phi) is 6.00. The molecule has 0 heterocycles. The highest BCUT2D eigenvalue weighted by Gasteiger charge is 2.09. The van der Waals surface area contributed by atoms with Gasteiger partial charge in [0.05, 0.1) is 0 Å². The van der Waals surface area contributed by atoms with Gasteiger partial charge in [0, 0.05) is 18.1 Å². The molecule has 0 fully saturated rings. The Labute approximate surface area is 82.8 Å². The zero-order valence-electron chi connectivity index (χ0n) is 9.48. The predicted molar refractivity (Wildman–Crippen MR) is 60.0 cm³/mol. The molecule has 0 aromatic rings. The maximum Gasteiger partial charge on any atom is 0.0164 e. The fraction of sp³-hybridized carbons (Fsp3) is 0.818. The number of hydrogen-bond acceptors (Lipinski definition) is 2. The minimum Gasteiger partial charge on any atom is -0.313 e. The average Bonchev–Trinajstić information content (AvgIpc) is 2.00. The van der Waals surface area contributed by atoms with Crippen LogP contribution in [0.5, 0.6) is 0 Å². The van der Waals surface area contributed by atoms with Crippen LogP contribution in [0.4, 0.5) is 0 Å². The molecule has 0 amide bonds. The summed E-state index contributed by atoms with van der Waals surface area (Å²) in [5.74, 6) is 0. The molecule has 0 aliphatic rings. The van der Waals surface area contributed by atoms with Gasteiger partial charge in [-0.3, -0.25) is 0 Å². The van der Waals surface area contributed by atoms with E-state index in [1.807, 2.05) is 6.08 Å². The second kappa shape index (κ2) is 6.17. The fourth-order valence-corrected chi connectivity index (χ4v) is 0.963. The largest absolute Gasteiger partial charge is 0.313 e. The lowest BCUT2D eigenvalue weighted by Gasteiger charge is -2.23. The molecule has 0 rings (SSSR count). The molecule has 0 radical (unpaired) electrons. The van der Waals surface area contributed by atoms with Crippen molar-refractivity contribution >= 4 is 0 Å². The van der Waals surface area contributed by atoms with Gasteiger partial charge in [-0.05, 0) is 40.7 Å². The van der Waals surface area contributed by atoms with Crippen molar-refractivity contribution in [3.05, 3.63) is 12.7 Å². The van der Waals surface area contributed by atoms with Gasteiger partial charge in [0.25, 0.3) is 0 Å². The number of rotatable bonds is 6. The van der Waals surface area contributed by atoms with Gasteiger partial charge in [-0.1, -0.05) is 6.08 Å². The zero-order chi connectivity index (χ0) is 10.3. The molecule has 1 atom stereocenters. The van der Waals surface area contributed by atoms with Crippen molar-refractivity contribution in [2.45, 2.75) is 45.7 Å². The first-order chi connectivity index (χ1) is 5.95. The van der Waals surface area contributed by atoms with Crippen LogP contribution in [0.2, 0.25) is 0 Å². The summed E-state index contributed by atoms with van der Waals surface area (Å²) >= 11 is 0. The van der Waals surface area contributed by atoms with E-state index < -0.39 is 0 Å². The molecule has 0 aromatic heterocycles. The molecule has 2 N–H and O–H groups in total. The van der Waals surface area contributed by atoms with E-state index in [2.05, 4.69) is 44.9 Å². The van der Waals surface area contributed by atoms with Crippen LogP contribution in [-0.2, 0) is 0 Å². The summed E-state index contributed by atoms with van der Waals surface area (Å²) in [7, 11) is 0. The van der Waals surface area contributed by atoms with Crippen molar-refractivity contribution in [2.75, 3.05) is 13.1 Å². The Hall–Kier alpha value is -0.340. The highest BCUT2D eigenvalue weighted by Crippen LogP contribution is 1.97. The third-order valence-electron chi connectivity index (χ3n) is 1.78. The highest BCUT2D eigenvalue weighted by molar-refractivity contribution is 4.75. The molecule has 2 heteroatoms. The summed E-state index contributed by atoms with van der Waals surface area (Å²) in [5.41, 5.74) is 0.217. The standard InChI is InChI=1S/C11H24N2/c1-6-7-8-12-10(2)9-13-11(3,4)5/h6,10,12-13H,1,7-9H2,2-5H3. The van der Waals surface area contributed by atoms with Gasteiger partial charge in [-0.25, -0.2) is 0 Å². The first-order valence-electron chi connectivity index (χ1n) is 5.05. The Balaban J connectivity index is 3.40. The van der Waals surface area contributed by atoms with Crippen LogP contribution in [0.15, 0.2) is 12.7 Å². The second-order valence-corrected chi connectivity index (χ2v) is 4.56. The van der Waals surface area contributed by atoms with Gasteiger partial charge < -0.3 is 10.6 Å². The summed E-state index contributed by atoms with van der Waals surface area (Å²) in [5, 5.41) is 6.88. The summed E-state index contributed by atoms with van der Waals surface area (Å²) in [4.78, 5) is 0. The number of nitrogens with one attached hydrogen (secondary N) is 2. The molecule has 0 aliphatic carbocycles. The van der Waals surface area contributed by atoms with Crippen molar-refractivity contribution < 1.29 is 0 Å². The van der Waals surface area contributed by atoms with E-state index in [9.17, 15) is 0 Å². The zero-order valence-corrected chi connectivity index (χ0v) is 9.48. The summed E-state index contributed by atoms with van der Waals surface area (Å²) < 4.78 is 0. The summed E-state index contributed by atoms with van der Waals surface area (Å²) in [6, 6.07) is 0.527. The number of hydrogen-bond donors (Lipinski definition) is 2. The molecule has 13 heavy (non-hydrogen) atoms. The van der Waals surface area contributed by atoms with Crippen LogP contribution in [0.1, 0.15) is 34.1 Å². The van der Waals surface area contributed by atoms with Crippen LogP contribution in [0, 0.1) is 0 Å². The van der Waals surface area contributed by atoms with E-state index >= 15 is 0 Å². The Morgan fingerprint density at radius 3 is 2.46 bits per heavy atom. The smallest absolute Gasteiger partial charge is 0.0164 e. The van der Waals surface area contributed by atoms with Crippen LogP contribution in [0.3, 0.4) is 0 Å². The van der Waals surface area contributed by atoms with E-state index in [1.165, 1.54) is 0 Å². The molecule has 0 aliphatic heterocycles. The molecular weight excluding hydrogens is 160 g/mol. The van der Waals surface area contributed by atoms with E-state index in [1.54, 1.807) is 0 Å². The van der Waals surface area contributed by atoms with Crippen molar-refractivity contribution in [1.82, 2.24) is 10.6 Å². The third kappa shape index (κ3) is 9.57. The van der Waals surface area contributed by atoms with Crippen molar-refractivity contribution in [3.8, 4) is 0 Å².